The van der Waals surface area contributed by atoms with E-state index >= 15 is 0 Å². The number of piperidine rings is 1. The maximum atomic E-state index is 12.3. The van der Waals surface area contributed by atoms with Crippen molar-refractivity contribution in [3.63, 3.8) is 0 Å². The fraction of sp³-hybridized carbons (Fsp3) is 0.643. The van der Waals surface area contributed by atoms with Crippen molar-refractivity contribution in [1.82, 2.24) is 15.2 Å². The van der Waals surface area contributed by atoms with Crippen LogP contribution in [0.25, 0.3) is 0 Å². The molecule has 2 rings (SSSR count). The minimum atomic E-state index is -4.09. The van der Waals surface area contributed by atoms with Gasteiger partial charge < -0.3 is 5.32 Å². The van der Waals surface area contributed by atoms with Crippen molar-refractivity contribution in [2.24, 2.45) is 0 Å². The van der Waals surface area contributed by atoms with Crippen LogP contribution < -0.4 is 5.32 Å². The summed E-state index contributed by atoms with van der Waals surface area (Å²) in [5, 5.41) is 3.38. The Labute approximate surface area is 117 Å². The average Bonchev–Trinajstić information content (AvgIpc) is 2.36. The van der Waals surface area contributed by atoms with Crippen LogP contribution in [-0.4, -0.2) is 41.7 Å². The van der Waals surface area contributed by atoms with Crippen LogP contribution in [0.4, 0.5) is 13.2 Å². The Hall–Kier alpha value is -1.14. The number of nitrogens with one attached hydrogen (secondary N) is 1. The number of aryl methyl sites for hydroxylation is 1. The Balaban J connectivity index is 1.72. The third-order valence-electron chi connectivity index (χ3n) is 3.51. The number of hydrogen-bond donors (Lipinski definition) is 1. The lowest BCUT2D eigenvalue weighted by molar-refractivity contribution is -0.148. The zero-order valence-electron chi connectivity index (χ0n) is 11.6. The summed E-state index contributed by atoms with van der Waals surface area (Å²) in [6.07, 6.45) is -2.59. The number of aromatic nitrogens is 1. The Morgan fingerprint density at radius 2 is 2.00 bits per heavy atom. The quantitative estimate of drug-likeness (QED) is 0.922. The zero-order valence-corrected chi connectivity index (χ0v) is 11.6. The predicted molar refractivity (Wildman–Crippen MR) is 71.3 cm³/mol. The first-order valence-corrected chi connectivity index (χ1v) is 6.87. The lowest BCUT2D eigenvalue weighted by Gasteiger charge is -2.32. The molecule has 0 radical (unpaired) electrons. The molecule has 1 saturated heterocycles. The highest BCUT2D eigenvalue weighted by Crippen LogP contribution is 2.19. The summed E-state index contributed by atoms with van der Waals surface area (Å²) in [5.41, 5.74) is 1.95. The standard InChI is InChI=1S/C14H20F3N3/c1-11-3-2-4-13(19-11)9-18-12-5-7-20(8-6-12)10-14(15,16)17/h2-4,12,18H,5-10H2,1H3. The summed E-state index contributed by atoms with van der Waals surface area (Å²) >= 11 is 0. The minimum absolute atomic E-state index is 0.279. The number of rotatable bonds is 4. The van der Waals surface area contributed by atoms with Crippen LogP contribution in [0.5, 0.6) is 0 Å². The second-order valence-electron chi connectivity index (χ2n) is 5.32. The molecule has 0 saturated carbocycles. The number of halogens is 3. The predicted octanol–water partition coefficient (Wildman–Crippen LogP) is 2.51. The molecular formula is C14H20F3N3. The van der Waals surface area contributed by atoms with Gasteiger partial charge in [-0.2, -0.15) is 13.2 Å². The monoisotopic (exact) mass is 287 g/mol. The summed E-state index contributed by atoms with van der Waals surface area (Å²) in [6.45, 7) is 2.82. The van der Waals surface area contributed by atoms with Gasteiger partial charge in [0.25, 0.3) is 0 Å². The van der Waals surface area contributed by atoms with Crippen LogP contribution in [0.15, 0.2) is 18.2 Å². The zero-order chi connectivity index (χ0) is 14.6. The van der Waals surface area contributed by atoms with Gasteiger partial charge in [0, 0.05) is 18.3 Å². The lowest BCUT2D eigenvalue weighted by Crippen LogP contribution is -2.45. The van der Waals surface area contributed by atoms with Crippen molar-refractivity contribution >= 4 is 0 Å². The van der Waals surface area contributed by atoms with Gasteiger partial charge in [0.15, 0.2) is 0 Å². The highest BCUT2D eigenvalue weighted by Gasteiger charge is 2.32. The van der Waals surface area contributed by atoms with Crippen LogP contribution in [0.3, 0.4) is 0 Å². The van der Waals surface area contributed by atoms with E-state index in [0.29, 0.717) is 19.6 Å². The molecule has 3 nitrogen and oxygen atoms in total. The summed E-state index contributed by atoms with van der Waals surface area (Å²) in [6, 6.07) is 6.14. The normalized spacial score (nSPS) is 18.4. The van der Waals surface area contributed by atoms with Gasteiger partial charge >= 0.3 is 6.18 Å². The molecule has 1 aromatic heterocycles. The molecule has 1 fully saturated rings. The van der Waals surface area contributed by atoms with Gasteiger partial charge in [-0.05, 0) is 45.0 Å². The molecule has 6 heteroatoms. The number of pyridine rings is 1. The molecule has 2 heterocycles. The Bertz CT molecular complexity index is 426. The SMILES string of the molecule is Cc1cccc(CNC2CCN(CC(F)(F)F)CC2)n1. The van der Waals surface area contributed by atoms with E-state index in [4.69, 9.17) is 0 Å². The smallest absolute Gasteiger partial charge is 0.308 e. The molecule has 112 valence electrons. The largest absolute Gasteiger partial charge is 0.401 e. The molecule has 0 aromatic carbocycles. The summed E-state index contributed by atoms with van der Waals surface area (Å²) in [5.74, 6) is 0. The molecule has 1 aromatic rings. The van der Waals surface area contributed by atoms with E-state index in [9.17, 15) is 13.2 Å². The third-order valence-corrected chi connectivity index (χ3v) is 3.51. The number of hydrogen-bond acceptors (Lipinski definition) is 3. The second-order valence-corrected chi connectivity index (χ2v) is 5.32. The van der Waals surface area contributed by atoms with Crippen molar-refractivity contribution < 1.29 is 13.2 Å². The van der Waals surface area contributed by atoms with Gasteiger partial charge in [-0.1, -0.05) is 6.07 Å². The highest BCUT2D eigenvalue weighted by molar-refractivity contribution is 5.09. The van der Waals surface area contributed by atoms with Crippen LogP contribution in [0, 0.1) is 6.92 Å². The molecule has 20 heavy (non-hydrogen) atoms. The van der Waals surface area contributed by atoms with E-state index < -0.39 is 12.7 Å². The Kier molecular flexibility index (Phi) is 4.99. The maximum absolute atomic E-state index is 12.3. The summed E-state index contributed by atoms with van der Waals surface area (Å²) in [7, 11) is 0. The molecule has 1 aliphatic rings. The summed E-state index contributed by atoms with van der Waals surface area (Å²) < 4.78 is 36.8. The van der Waals surface area contributed by atoms with Crippen LogP contribution in [0.1, 0.15) is 24.2 Å². The van der Waals surface area contributed by atoms with Crippen molar-refractivity contribution in [3.05, 3.63) is 29.6 Å². The van der Waals surface area contributed by atoms with Crippen molar-refractivity contribution in [2.45, 2.75) is 38.5 Å². The van der Waals surface area contributed by atoms with Gasteiger partial charge in [0.2, 0.25) is 0 Å². The Morgan fingerprint density at radius 1 is 1.30 bits per heavy atom. The fourth-order valence-electron chi connectivity index (χ4n) is 2.50. The molecule has 0 atom stereocenters. The van der Waals surface area contributed by atoms with E-state index in [2.05, 4.69) is 10.3 Å². The van der Waals surface area contributed by atoms with Gasteiger partial charge in [-0.25, -0.2) is 0 Å². The van der Waals surface area contributed by atoms with Gasteiger partial charge in [0.1, 0.15) is 0 Å². The highest BCUT2D eigenvalue weighted by atomic mass is 19.4. The molecule has 0 unspecified atom stereocenters. The molecule has 0 spiro atoms. The van der Waals surface area contributed by atoms with E-state index in [0.717, 1.165) is 24.2 Å². The average molecular weight is 287 g/mol. The van der Waals surface area contributed by atoms with Crippen molar-refractivity contribution in [3.8, 4) is 0 Å². The first-order chi connectivity index (χ1) is 9.42. The number of likely N-dealkylation sites (tertiary alicyclic amines) is 1. The van der Waals surface area contributed by atoms with E-state index in [1.54, 1.807) is 0 Å². The Morgan fingerprint density at radius 3 is 2.60 bits per heavy atom. The maximum Gasteiger partial charge on any atom is 0.401 e. The van der Waals surface area contributed by atoms with Gasteiger partial charge in [-0.15, -0.1) is 0 Å². The minimum Gasteiger partial charge on any atom is -0.308 e. The van der Waals surface area contributed by atoms with Gasteiger partial charge in [-0.3, -0.25) is 9.88 Å². The van der Waals surface area contributed by atoms with Crippen molar-refractivity contribution in [1.29, 1.82) is 0 Å². The topological polar surface area (TPSA) is 28.2 Å². The fourth-order valence-corrected chi connectivity index (χ4v) is 2.50. The number of nitrogens with zero attached hydrogens (tertiary/aromatic N) is 2. The van der Waals surface area contributed by atoms with E-state index in [-0.39, 0.29) is 6.04 Å². The molecular weight excluding hydrogens is 267 g/mol. The third kappa shape index (κ3) is 5.09. The molecule has 1 N–H and O–H groups in total. The van der Waals surface area contributed by atoms with E-state index in [1.165, 1.54) is 4.90 Å². The first kappa shape index (κ1) is 15.3. The lowest BCUT2D eigenvalue weighted by atomic mass is 10.0. The van der Waals surface area contributed by atoms with E-state index in [1.807, 2.05) is 25.1 Å². The second kappa shape index (κ2) is 6.54. The van der Waals surface area contributed by atoms with Gasteiger partial charge in [0.05, 0.1) is 12.2 Å². The van der Waals surface area contributed by atoms with Crippen LogP contribution in [0.2, 0.25) is 0 Å². The number of alkyl halides is 3. The molecule has 0 bridgehead atoms. The van der Waals surface area contributed by atoms with Crippen LogP contribution in [-0.2, 0) is 6.54 Å². The van der Waals surface area contributed by atoms with Crippen LogP contribution >= 0.6 is 0 Å². The first-order valence-electron chi connectivity index (χ1n) is 6.87. The molecule has 1 aliphatic heterocycles. The summed E-state index contributed by atoms with van der Waals surface area (Å²) in [4.78, 5) is 5.87. The van der Waals surface area contributed by atoms with Crippen molar-refractivity contribution in [2.75, 3.05) is 19.6 Å². The molecule has 0 aliphatic carbocycles. The molecule has 0 amide bonds.